The van der Waals surface area contributed by atoms with Gasteiger partial charge in [0.25, 0.3) is 0 Å². The predicted molar refractivity (Wildman–Crippen MR) is 84.6 cm³/mol. The van der Waals surface area contributed by atoms with Crippen LogP contribution >= 0.6 is 23.5 Å². The second-order valence-corrected chi connectivity index (χ2v) is 7.21. The third kappa shape index (κ3) is 2.83. The molecule has 0 aliphatic carbocycles. The van der Waals surface area contributed by atoms with Crippen molar-refractivity contribution in [3.8, 4) is 0 Å². The van der Waals surface area contributed by atoms with E-state index in [0.29, 0.717) is 28.8 Å². The van der Waals surface area contributed by atoms with E-state index < -0.39 is 12.0 Å². The highest BCUT2D eigenvalue weighted by atomic mass is 32.2. The number of nitrogens with two attached hydrogens (primary N) is 1. The summed E-state index contributed by atoms with van der Waals surface area (Å²) in [7, 11) is 0. The van der Waals surface area contributed by atoms with Crippen molar-refractivity contribution in [1.82, 2.24) is 25.1 Å². The fourth-order valence-corrected chi connectivity index (χ4v) is 4.83. The summed E-state index contributed by atoms with van der Waals surface area (Å²) >= 11 is 2.87. The molecule has 124 valence electrons. The lowest BCUT2D eigenvalue weighted by Crippen LogP contribution is -2.68. The van der Waals surface area contributed by atoms with Crippen LogP contribution in [-0.4, -0.2) is 65.0 Å². The van der Waals surface area contributed by atoms with Crippen LogP contribution in [-0.2, 0) is 16.1 Å². The lowest BCUT2D eigenvalue weighted by Gasteiger charge is -2.48. The van der Waals surface area contributed by atoms with Crippen molar-refractivity contribution in [1.29, 1.82) is 0 Å². The molecule has 23 heavy (non-hydrogen) atoms. The maximum Gasteiger partial charge on any atom is 0.352 e. The quantitative estimate of drug-likeness (QED) is 0.524. The second-order valence-electron chi connectivity index (χ2n) is 5.17. The van der Waals surface area contributed by atoms with Gasteiger partial charge in [0.1, 0.15) is 17.1 Å². The molecule has 0 aromatic carbocycles. The van der Waals surface area contributed by atoms with Gasteiger partial charge in [-0.25, -0.2) is 9.48 Å². The van der Waals surface area contributed by atoms with Gasteiger partial charge in [-0.05, 0) is 22.4 Å². The number of carboxylic acids is 1. The SMILES string of the molecule is CCCn1nnnc1SCC1=C(C(=O)O)N2C(=O)C(N)[C@H]2SC1. The Hall–Kier alpha value is -1.59. The highest BCUT2D eigenvalue weighted by molar-refractivity contribution is 8.01. The zero-order valence-corrected chi connectivity index (χ0v) is 14.0. The molecule has 1 unspecified atom stereocenters. The number of aryl methyl sites for hydroxylation is 1. The number of amides is 1. The van der Waals surface area contributed by atoms with Crippen molar-refractivity contribution in [3.63, 3.8) is 0 Å². The molecule has 3 heterocycles. The van der Waals surface area contributed by atoms with Gasteiger partial charge >= 0.3 is 5.97 Å². The van der Waals surface area contributed by atoms with Crippen LogP contribution in [0.25, 0.3) is 0 Å². The number of carbonyl (C=O) groups is 2. The van der Waals surface area contributed by atoms with Gasteiger partial charge < -0.3 is 10.8 Å². The van der Waals surface area contributed by atoms with Gasteiger partial charge in [0, 0.05) is 18.1 Å². The number of tetrazole rings is 1. The van der Waals surface area contributed by atoms with Crippen LogP contribution in [0.4, 0.5) is 0 Å². The minimum Gasteiger partial charge on any atom is -0.477 e. The van der Waals surface area contributed by atoms with Crippen LogP contribution in [0, 0.1) is 0 Å². The summed E-state index contributed by atoms with van der Waals surface area (Å²) in [6.07, 6.45) is 0.902. The van der Waals surface area contributed by atoms with Crippen molar-refractivity contribution in [2.75, 3.05) is 11.5 Å². The van der Waals surface area contributed by atoms with Crippen LogP contribution in [0.2, 0.25) is 0 Å². The molecule has 1 fully saturated rings. The Morgan fingerprint density at radius 2 is 2.35 bits per heavy atom. The number of β-lactam (4-membered cyclic amide) rings is 1. The predicted octanol–water partition coefficient (Wildman–Crippen LogP) is -0.244. The number of aromatic nitrogens is 4. The molecule has 0 radical (unpaired) electrons. The van der Waals surface area contributed by atoms with E-state index in [2.05, 4.69) is 15.5 Å². The van der Waals surface area contributed by atoms with Crippen molar-refractivity contribution in [2.45, 2.75) is 36.5 Å². The Kier molecular flexibility index (Phi) is 4.60. The van der Waals surface area contributed by atoms with E-state index in [-0.39, 0.29) is 17.0 Å². The molecular formula is C12H16N6O3S2. The molecule has 1 aromatic rings. The second kappa shape index (κ2) is 6.49. The van der Waals surface area contributed by atoms with Gasteiger partial charge in [0.2, 0.25) is 11.1 Å². The number of carbonyl (C=O) groups excluding carboxylic acids is 1. The number of hydrogen-bond donors (Lipinski definition) is 2. The minimum absolute atomic E-state index is 0.0578. The van der Waals surface area contributed by atoms with E-state index in [0.717, 1.165) is 6.42 Å². The van der Waals surface area contributed by atoms with E-state index in [1.165, 1.54) is 28.4 Å². The first-order chi connectivity index (χ1) is 11.0. The monoisotopic (exact) mass is 356 g/mol. The Balaban J connectivity index is 1.78. The van der Waals surface area contributed by atoms with E-state index in [4.69, 9.17) is 5.73 Å². The highest BCUT2D eigenvalue weighted by Gasteiger charge is 2.51. The first kappa shape index (κ1) is 16.3. The number of aliphatic carboxylic acids is 1. The van der Waals surface area contributed by atoms with E-state index >= 15 is 0 Å². The van der Waals surface area contributed by atoms with Crippen molar-refractivity contribution in [3.05, 3.63) is 11.3 Å². The zero-order valence-electron chi connectivity index (χ0n) is 12.4. The molecule has 0 bridgehead atoms. The third-order valence-electron chi connectivity index (χ3n) is 3.60. The molecule has 2 aliphatic heterocycles. The zero-order chi connectivity index (χ0) is 16.6. The Morgan fingerprint density at radius 3 is 3.04 bits per heavy atom. The van der Waals surface area contributed by atoms with Crippen molar-refractivity contribution < 1.29 is 14.7 Å². The summed E-state index contributed by atoms with van der Waals surface area (Å²) in [6.45, 7) is 2.73. The van der Waals surface area contributed by atoms with Gasteiger partial charge in [0.15, 0.2) is 0 Å². The van der Waals surface area contributed by atoms with Crippen LogP contribution in [0.3, 0.4) is 0 Å². The van der Waals surface area contributed by atoms with E-state index in [1.807, 2.05) is 6.92 Å². The van der Waals surface area contributed by atoms with Gasteiger partial charge in [-0.2, -0.15) is 0 Å². The number of nitrogens with zero attached hydrogens (tertiary/aromatic N) is 5. The first-order valence-corrected chi connectivity index (χ1v) is 9.12. The molecule has 9 nitrogen and oxygen atoms in total. The topological polar surface area (TPSA) is 127 Å². The maximum absolute atomic E-state index is 11.9. The lowest BCUT2D eigenvalue weighted by atomic mass is 10.0. The number of fused-ring (bicyclic) bond motifs is 1. The van der Waals surface area contributed by atoms with Crippen LogP contribution < -0.4 is 5.73 Å². The number of thioether (sulfide) groups is 2. The largest absolute Gasteiger partial charge is 0.477 e. The number of carboxylic acid groups (broad SMARTS) is 1. The highest BCUT2D eigenvalue weighted by Crippen LogP contribution is 2.40. The van der Waals surface area contributed by atoms with Crippen LogP contribution in [0.15, 0.2) is 16.4 Å². The summed E-state index contributed by atoms with van der Waals surface area (Å²) in [4.78, 5) is 24.8. The molecular weight excluding hydrogens is 340 g/mol. The molecule has 1 saturated heterocycles. The fraction of sp³-hybridized carbons (Fsp3) is 0.583. The standard InChI is InChI=1S/C12H16N6O3S2/c1-2-3-17-12(14-15-16-17)23-5-6-4-22-10-7(13)9(19)18(10)8(6)11(20)21/h7,10H,2-5,13H2,1H3,(H,20,21)/t7?,10-/m1/s1. The van der Waals surface area contributed by atoms with Crippen molar-refractivity contribution >= 4 is 35.4 Å². The maximum atomic E-state index is 11.9. The lowest BCUT2D eigenvalue weighted by molar-refractivity contribution is -0.147. The van der Waals surface area contributed by atoms with Gasteiger partial charge in [-0.1, -0.05) is 18.7 Å². The summed E-state index contributed by atoms with van der Waals surface area (Å²) < 4.78 is 1.69. The van der Waals surface area contributed by atoms with Crippen molar-refractivity contribution in [2.24, 2.45) is 5.73 Å². The van der Waals surface area contributed by atoms with E-state index in [1.54, 1.807) is 4.68 Å². The number of rotatable bonds is 6. The average molecular weight is 356 g/mol. The smallest absolute Gasteiger partial charge is 0.352 e. The molecule has 0 saturated carbocycles. The van der Waals surface area contributed by atoms with E-state index in [9.17, 15) is 14.7 Å². The number of hydrogen-bond acceptors (Lipinski definition) is 8. The normalized spacial score (nSPS) is 23.7. The van der Waals surface area contributed by atoms with Gasteiger partial charge in [-0.15, -0.1) is 16.9 Å². The molecule has 3 N–H and O–H groups in total. The van der Waals surface area contributed by atoms with Gasteiger partial charge in [-0.3, -0.25) is 9.69 Å². The molecule has 2 atom stereocenters. The third-order valence-corrected chi connectivity index (χ3v) is 6.01. The first-order valence-electron chi connectivity index (χ1n) is 7.09. The summed E-state index contributed by atoms with van der Waals surface area (Å²) in [5.74, 6) is -0.478. The Labute approximate surface area is 140 Å². The fourth-order valence-electron chi connectivity index (χ4n) is 2.49. The van der Waals surface area contributed by atoms with Crippen LogP contribution in [0.1, 0.15) is 13.3 Å². The Morgan fingerprint density at radius 1 is 1.57 bits per heavy atom. The molecule has 11 heteroatoms. The molecule has 3 rings (SSSR count). The Bertz CT molecular complexity index is 676. The summed E-state index contributed by atoms with van der Waals surface area (Å²) in [5.41, 5.74) is 6.47. The molecule has 1 amide bonds. The average Bonchev–Trinajstić information content (AvgIpc) is 2.98. The molecule has 1 aromatic heterocycles. The molecule has 2 aliphatic rings. The summed E-state index contributed by atoms with van der Waals surface area (Å²) in [6, 6.07) is -0.611. The van der Waals surface area contributed by atoms with Crippen LogP contribution in [0.5, 0.6) is 0 Å². The minimum atomic E-state index is -1.10. The summed E-state index contributed by atoms with van der Waals surface area (Å²) in [5, 5.41) is 21.3. The molecule has 0 spiro atoms. The van der Waals surface area contributed by atoms with Gasteiger partial charge in [0.05, 0.1) is 0 Å².